The van der Waals surface area contributed by atoms with E-state index in [1.54, 1.807) is 10.9 Å². The first kappa shape index (κ1) is 16.3. The van der Waals surface area contributed by atoms with Crippen LogP contribution in [0.25, 0.3) is 0 Å². The van der Waals surface area contributed by atoms with Gasteiger partial charge in [0, 0.05) is 50.6 Å². The summed E-state index contributed by atoms with van der Waals surface area (Å²) >= 11 is 0. The molecule has 3 rings (SSSR count). The molecule has 2 amide bonds. The molecule has 0 saturated carbocycles. The molecule has 0 spiro atoms. The third-order valence-electron chi connectivity index (χ3n) is 4.23. The molecular formula is C17H23N5O2. The van der Waals surface area contributed by atoms with Gasteiger partial charge in [0.15, 0.2) is 0 Å². The number of hydrogen-bond donors (Lipinski definition) is 1. The van der Waals surface area contributed by atoms with Crippen LogP contribution in [0.2, 0.25) is 0 Å². The highest BCUT2D eigenvalue weighted by Crippen LogP contribution is 2.26. The summed E-state index contributed by atoms with van der Waals surface area (Å²) in [6.07, 6.45) is 6.57. The van der Waals surface area contributed by atoms with Crippen molar-refractivity contribution in [2.45, 2.75) is 25.8 Å². The fourth-order valence-corrected chi connectivity index (χ4v) is 2.98. The monoisotopic (exact) mass is 329 g/mol. The molecule has 1 atom stereocenters. The van der Waals surface area contributed by atoms with Gasteiger partial charge < -0.3 is 15.0 Å². The number of urea groups is 1. The maximum Gasteiger partial charge on any atom is 0.317 e. The van der Waals surface area contributed by atoms with E-state index in [4.69, 9.17) is 4.74 Å². The molecule has 1 N–H and O–H groups in total. The molecule has 2 aromatic rings. The minimum absolute atomic E-state index is 0.0484. The lowest BCUT2D eigenvalue weighted by Crippen LogP contribution is -2.38. The lowest BCUT2D eigenvalue weighted by molar-refractivity contribution is 0.207. The minimum atomic E-state index is -0.0484. The first-order valence-corrected chi connectivity index (χ1v) is 8.25. The van der Waals surface area contributed by atoms with Crippen molar-refractivity contribution in [1.82, 2.24) is 25.0 Å². The van der Waals surface area contributed by atoms with E-state index in [0.29, 0.717) is 24.9 Å². The molecule has 7 heteroatoms. The molecule has 0 aromatic carbocycles. The van der Waals surface area contributed by atoms with E-state index in [2.05, 4.69) is 15.4 Å². The summed E-state index contributed by atoms with van der Waals surface area (Å²) in [5, 5.41) is 7.17. The largest absolute Gasteiger partial charge is 0.478 e. The Balaban J connectivity index is 1.55. The van der Waals surface area contributed by atoms with Crippen molar-refractivity contribution in [2.24, 2.45) is 7.05 Å². The fraction of sp³-hybridized carbons (Fsp3) is 0.471. The zero-order valence-electron chi connectivity index (χ0n) is 14.1. The Bertz CT molecular complexity index is 700. The number of amides is 2. The highest BCUT2D eigenvalue weighted by molar-refractivity contribution is 5.74. The molecule has 1 aliphatic heterocycles. The fourth-order valence-electron chi connectivity index (χ4n) is 2.98. The van der Waals surface area contributed by atoms with Crippen LogP contribution in [0.3, 0.4) is 0 Å². The van der Waals surface area contributed by atoms with Crippen molar-refractivity contribution in [1.29, 1.82) is 0 Å². The zero-order chi connectivity index (χ0) is 16.9. The van der Waals surface area contributed by atoms with Gasteiger partial charge in [-0.05, 0) is 25.0 Å². The van der Waals surface area contributed by atoms with Gasteiger partial charge in [-0.2, -0.15) is 5.10 Å². The Morgan fingerprint density at radius 2 is 2.38 bits per heavy atom. The van der Waals surface area contributed by atoms with Crippen LogP contribution in [0, 0.1) is 0 Å². The number of ether oxygens (including phenoxy) is 1. The van der Waals surface area contributed by atoms with Crippen molar-refractivity contribution in [3.05, 3.63) is 41.9 Å². The molecule has 24 heavy (non-hydrogen) atoms. The summed E-state index contributed by atoms with van der Waals surface area (Å²) < 4.78 is 7.29. The Kier molecular flexibility index (Phi) is 4.98. The van der Waals surface area contributed by atoms with E-state index in [-0.39, 0.29) is 6.03 Å². The van der Waals surface area contributed by atoms with Crippen LogP contribution in [0.1, 0.15) is 30.4 Å². The van der Waals surface area contributed by atoms with Gasteiger partial charge in [0.25, 0.3) is 0 Å². The van der Waals surface area contributed by atoms with Crippen LogP contribution in [0.15, 0.2) is 30.7 Å². The van der Waals surface area contributed by atoms with Crippen molar-refractivity contribution in [3.8, 4) is 5.88 Å². The van der Waals surface area contributed by atoms with Gasteiger partial charge in [0.05, 0.1) is 12.8 Å². The number of rotatable bonds is 5. The van der Waals surface area contributed by atoms with Crippen molar-refractivity contribution in [2.75, 3.05) is 19.7 Å². The van der Waals surface area contributed by atoms with Crippen molar-refractivity contribution < 1.29 is 9.53 Å². The highest BCUT2D eigenvalue weighted by Gasteiger charge is 2.28. The minimum Gasteiger partial charge on any atom is -0.478 e. The van der Waals surface area contributed by atoms with E-state index in [1.807, 2.05) is 43.4 Å². The quantitative estimate of drug-likeness (QED) is 0.909. The Morgan fingerprint density at radius 3 is 3.12 bits per heavy atom. The first-order chi connectivity index (χ1) is 11.7. The standard InChI is InChI=1S/C17H23N5O2/c1-3-24-16-13(5-4-7-18-16)9-19-17(23)22-8-6-14(12-22)15-10-20-21(2)11-15/h4-5,7,10-11,14H,3,6,8-9,12H2,1-2H3,(H,19,23)/t14-/m0/s1. The molecule has 1 aliphatic rings. The van der Waals surface area contributed by atoms with Gasteiger partial charge in [0.2, 0.25) is 5.88 Å². The van der Waals surface area contributed by atoms with E-state index in [9.17, 15) is 4.79 Å². The number of nitrogens with one attached hydrogen (secondary N) is 1. The molecule has 1 saturated heterocycles. The molecule has 3 heterocycles. The summed E-state index contributed by atoms with van der Waals surface area (Å²) in [7, 11) is 1.91. The van der Waals surface area contributed by atoms with E-state index in [1.165, 1.54) is 5.56 Å². The number of pyridine rings is 1. The number of carbonyl (C=O) groups is 1. The molecular weight excluding hydrogens is 306 g/mol. The molecule has 1 fully saturated rings. The third kappa shape index (κ3) is 3.67. The van der Waals surface area contributed by atoms with E-state index >= 15 is 0 Å². The lowest BCUT2D eigenvalue weighted by atomic mass is 10.0. The average molecular weight is 329 g/mol. The highest BCUT2D eigenvalue weighted by atomic mass is 16.5. The first-order valence-electron chi connectivity index (χ1n) is 8.25. The SMILES string of the molecule is CCOc1ncccc1CNC(=O)N1CC[C@H](c2cnn(C)c2)C1. The molecule has 0 bridgehead atoms. The van der Waals surface area contributed by atoms with Gasteiger partial charge >= 0.3 is 6.03 Å². The second kappa shape index (κ2) is 7.33. The topological polar surface area (TPSA) is 72.3 Å². The van der Waals surface area contributed by atoms with Crippen LogP contribution in [0.5, 0.6) is 5.88 Å². The second-order valence-electron chi connectivity index (χ2n) is 5.94. The summed E-state index contributed by atoms with van der Waals surface area (Å²) in [5.41, 5.74) is 2.08. The van der Waals surface area contributed by atoms with Crippen LogP contribution >= 0.6 is 0 Å². The van der Waals surface area contributed by atoms with Crippen molar-refractivity contribution >= 4 is 6.03 Å². The molecule has 0 unspecified atom stereocenters. The molecule has 0 aliphatic carbocycles. The van der Waals surface area contributed by atoms with Gasteiger partial charge in [0.1, 0.15) is 0 Å². The predicted octanol–water partition coefficient (Wildman–Crippen LogP) is 1.91. The van der Waals surface area contributed by atoms with Gasteiger partial charge in [-0.15, -0.1) is 0 Å². The molecule has 0 radical (unpaired) electrons. The predicted molar refractivity (Wildman–Crippen MR) is 89.8 cm³/mol. The smallest absolute Gasteiger partial charge is 0.317 e. The number of likely N-dealkylation sites (tertiary alicyclic amines) is 1. The van der Waals surface area contributed by atoms with Crippen molar-refractivity contribution in [3.63, 3.8) is 0 Å². The Labute approximate surface area is 141 Å². The second-order valence-corrected chi connectivity index (χ2v) is 5.94. The molecule has 128 valence electrons. The Morgan fingerprint density at radius 1 is 1.50 bits per heavy atom. The zero-order valence-corrected chi connectivity index (χ0v) is 14.1. The number of hydrogen-bond acceptors (Lipinski definition) is 4. The lowest BCUT2D eigenvalue weighted by Gasteiger charge is -2.17. The Hall–Kier alpha value is -2.57. The number of aromatic nitrogens is 3. The van der Waals surface area contributed by atoms with Gasteiger partial charge in [-0.25, -0.2) is 9.78 Å². The normalized spacial score (nSPS) is 17.1. The maximum absolute atomic E-state index is 12.4. The van der Waals surface area contributed by atoms with Crippen LogP contribution in [-0.4, -0.2) is 45.4 Å². The molecule has 7 nitrogen and oxygen atoms in total. The summed E-state index contributed by atoms with van der Waals surface area (Å²) in [6.45, 7) is 4.37. The molecule has 2 aromatic heterocycles. The number of carbonyl (C=O) groups excluding carboxylic acids is 1. The summed E-state index contributed by atoms with van der Waals surface area (Å²) in [6, 6.07) is 3.71. The van der Waals surface area contributed by atoms with E-state index < -0.39 is 0 Å². The average Bonchev–Trinajstić information content (AvgIpc) is 3.23. The van der Waals surface area contributed by atoms with Gasteiger partial charge in [-0.3, -0.25) is 4.68 Å². The van der Waals surface area contributed by atoms with Gasteiger partial charge in [-0.1, -0.05) is 6.07 Å². The summed E-state index contributed by atoms with van der Waals surface area (Å²) in [4.78, 5) is 18.5. The summed E-state index contributed by atoms with van der Waals surface area (Å²) in [5.74, 6) is 0.941. The van der Waals surface area contributed by atoms with Crippen LogP contribution in [-0.2, 0) is 13.6 Å². The number of nitrogens with zero attached hydrogens (tertiary/aromatic N) is 4. The van der Waals surface area contributed by atoms with E-state index in [0.717, 1.165) is 25.1 Å². The van der Waals surface area contributed by atoms with Crippen LogP contribution in [0.4, 0.5) is 4.79 Å². The van der Waals surface area contributed by atoms with Crippen LogP contribution < -0.4 is 10.1 Å². The third-order valence-corrected chi connectivity index (χ3v) is 4.23. The number of aryl methyl sites for hydroxylation is 1. The maximum atomic E-state index is 12.4.